The van der Waals surface area contributed by atoms with Gasteiger partial charge in [-0.25, -0.2) is 15.0 Å². The first-order valence-electron chi connectivity index (χ1n) is 19.4. The molecule has 3 heterocycles. The van der Waals surface area contributed by atoms with Gasteiger partial charge in [0.1, 0.15) is 22.3 Å². The van der Waals surface area contributed by atoms with E-state index in [1.165, 1.54) is 0 Å². The minimum absolute atomic E-state index is 0.525. The fraction of sp³-hybridized carbons (Fsp3) is 0. The van der Waals surface area contributed by atoms with Gasteiger partial charge in [-0.05, 0) is 92.3 Å². The maximum atomic E-state index is 6.69. The third kappa shape index (κ3) is 5.21. The summed E-state index contributed by atoms with van der Waals surface area (Å²) in [7, 11) is 0. The predicted octanol–water partition coefficient (Wildman–Crippen LogP) is 14.3. The molecule has 0 amide bonds. The van der Waals surface area contributed by atoms with E-state index < -0.39 is 0 Å². The van der Waals surface area contributed by atoms with Crippen LogP contribution in [0.5, 0.6) is 0 Å². The first-order valence-corrected chi connectivity index (χ1v) is 19.4. The van der Waals surface area contributed by atoms with Crippen LogP contribution < -0.4 is 0 Å². The number of rotatable bonds is 5. The van der Waals surface area contributed by atoms with Gasteiger partial charge in [0, 0.05) is 32.7 Å². The van der Waals surface area contributed by atoms with Gasteiger partial charge in [0.05, 0.1) is 5.56 Å². The largest absolute Gasteiger partial charge is 0.456 e. The number of benzene rings is 9. The van der Waals surface area contributed by atoms with Gasteiger partial charge < -0.3 is 8.83 Å². The van der Waals surface area contributed by atoms with E-state index >= 15 is 0 Å². The standard InChI is InChI=1S/C53H31N3O2/c1-2-12-32(13-3-1)35-18-10-19-38(28-35)40-26-27-46-48(44-30-36-16-6-7-17-37(36)31-47(44)57-46)49(40)53-55-51(39-25-24-33-14-4-5-15-34(33)29-39)54-52(56-53)43-22-11-21-42-41-20-8-9-23-45(41)58-50(42)43/h1-31H. The summed E-state index contributed by atoms with van der Waals surface area (Å²) in [4.78, 5) is 16.1. The molecule has 0 saturated heterocycles. The van der Waals surface area contributed by atoms with Crippen molar-refractivity contribution in [2.24, 2.45) is 0 Å². The van der Waals surface area contributed by atoms with Crippen LogP contribution in [0.3, 0.4) is 0 Å². The van der Waals surface area contributed by atoms with Crippen LogP contribution in [-0.2, 0) is 0 Å². The van der Waals surface area contributed by atoms with Gasteiger partial charge >= 0.3 is 0 Å². The number of nitrogens with zero attached hydrogens (tertiary/aromatic N) is 3. The third-order valence-electron chi connectivity index (χ3n) is 11.3. The van der Waals surface area contributed by atoms with Crippen LogP contribution in [0.4, 0.5) is 0 Å². The molecule has 0 aliphatic rings. The zero-order chi connectivity index (χ0) is 38.2. The molecule has 12 rings (SSSR count). The Kier molecular flexibility index (Phi) is 7.16. The van der Waals surface area contributed by atoms with E-state index in [0.29, 0.717) is 17.5 Å². The average molecular weight is 742 g/mol. The summed E-state index contributed by atoms with van der Waals surface area (Å²) >= 11 is 0. The van der Waals surface area contributed by atoms with Crippen LogP contribution in [0, 0.1) is 0 Å². The Hall–Kier alpha value is -7.89. The van der Waals surface area contributed by atoms with Crippen molar-refractivity contribution in [3.63, 3.8) is 0 Å². The second-order valence-corrected chi connectivity index (χ2v) is 14.8. The summed E-state index contributed by atoms with van der Waals surface area (Å²) in [6.07, 6.45) is 0. The highest BCUT2D eigenvalue weighted by molar-refractivity contribution is 6.18. The Balaban J connectivity index is 1.19. The molecule has 0 radical (unpaired) electrons. The fourth-order valence-corrected chi connectivity index (χ4v) is 8.51. The first kappa shape index (κ1) is 32.4. The normalized spacial score (nSPS) is 11.8. The maximum Gasteiger partial charge on any atom is 0.167 e. The van der Waals surface area contributed by atoms with Crippen molar-refractivity contribution < 1.29 is 8.83 Å². The topological polar surface area (TPSA) is 65.0 Å². The molecule has 0 bridgehead atoms. The van der Waals surface area contributed by atoms with Gasteiger partial charge in [-0.1, -0.05) is 140 Å². The molecule has 0 spiro atoms. The fourth-order valence-electron chi connectivity index (χ4n) is 8.51. The quantitative estimate of drug-likeness (QED) is 0.176. The lowest BCUT2D eigenvalue weighted by atomic mass is 9.92. The van der Waals surface area contributed by atoms with Gasteiger partial charge in [-0.15, -0.1) is 0 Å². The molecule has 0 atom stereocenters. The number of hydrogen-bond acceptors (Lipinski definition) is 5. The highest BCUT2D eigenvalue weighted by Gasteiger charge is 2.24. The lowest BCUT2D eigenvalue weighted by molar-refractivity contribution is 0.669. The van der Waals surface area contributed by atoms with Crippen molar-refractivity contribution in [3.8, 4) is 56.4 Å². The van der Waals surface area contributed by atoms with Crippen molar-refractivity contribution in [3.05, 3.63) is 188 Å². The molecule has 0 unspecified atom stereocenters. The Morgan fingerprint density at radius 2 is 0.983 bits per heavy atom. The summed E-state index contributed by atoms with van der Waals surface area (Å²) in [6, 6.07) is 65.2. The second kappa shape index (κ2) is 12.8. The van der Waals surface area contributed by atoms with Crippen LogP contribution >= 0.6 is 0 Å². The molecule has 58 heavy (non-hydrogen) atoms. The smallest absolute Gasteiger partial charge is 0.167 e. The molecule has 5 nitrogen and oxygen atoms in total. The number of furan rings is 2. The molecule has 0 fully saturated rings. The van der Waals surface area contributed by atoms with Crippen molar-refractivity contribution in [2.75, 3.05) is 0 Å². The van der Waals surface area contributed by atoms with E-state index in [9.17, 15) is 0 Å². The van der Waals surface area contributed by atoms with Gasteiger partial charge in [0.2, 0.25) is 0 Å². The molecular formula is C53H31N3O2. The maximum absolute atomic E-state index is 6.69. The van der Waals surface area contributed by atoms with Crippen LogP contribution in [0.25, 0.3) is 122 Å². The Labute approximate surface area is 332 Å². The van der Waals surface area contributed by atoms with Crippen LogP contribution in [-0.4, -0.2) is 15.0 Å². The monoisotopic (exact) mass is 741 g/mol. The molecule has 9 aromatic carbocycles. The summed E-state index contributed by atoms with van der Waals surface area (Å²) in [5.41, 5.74) is 9.98. The van der Waals surface area contributed by atoms with Crippen LogP contribution in [0.2, 0.25) is 0 Å². The molecule has 0 aliphatic carbocycles. The minimum Gasteiger partial charge on any atom is -0.456 e. The van der Waals surface area contributed by atoms with Crippen molar-refractivity contribution in [1.29, 1.82) is 0 Å². The molecule has 270 valence electrons. The van der Waals surface area contributed by atoms with Crippen LogP contribution in [0.15, 0.2) is 197 Å². The summed E-state index contributed by atoms with van der Waals surface area (Å²) in [6.45, 7) is 0. The molecule has 0 saturated carbocycles. The molecular weight excluding hydrogens is 711 g/mol. The van der Waals surface area contributed by atoms with E-state index in [1.807, 2.05) is 30.3 Å². The van der Waals surface area contributed by atoms with Crippen molar-refractivity contribution >= 4 is 65.4 Å². The number of aromatic nitrogens is 3. The molecule has 0 N–H and O–H groups in total. The zero-order valence-electron chi connectivity index (χ0n) is 31.1. The summed E-state index contributed by atoms with van der Waals surface area (Å²) < 4.78 is 13.3. The SMILES string of the molecule is c1ccc(-c2cccc(-c3ccc4oc5cc6ccccc6cc5c4c3-c3nc(-c4ccc5ccccc5c4)nc(-c4cccc5c4oc4ccccc45)n3)c2)cc1. The highest BCUT2D eigenvalue weighted by Crippen LogP contribution is 2.45. The van der Waals surface area contributed by atoms with Gasteiger partial charge in [0.15, 0.2) is 17.5 Å². The molecule has 0 aliphatic heterocycles. The predicted molar refractivity (Wildman–Crippen MR) is 237 cm³/mol. The van der Waals surface area contributed by atoms with E-state index in [4.69, 9.17) is 23.8 Å². The second-order valence-electron chi connectivity index (χ2n) is 14.8. The lowest BCUT2D eigenvalue weighted by Crippen LogP contribution is -2.02. The Morgan fingerprint density at radius 1 is 0.310 bits per heavy atom. The van der Waals surface area contributed by atoms with E-state index in [1.54, 1.807) is 0 Å². The highest BCUT2D eigenvalue weighted by atomic mass is 16.3. The minimum atomic E-state index is 0.525. The van der Waals surface area contributed by atoms with Gasteiger partial charge in [0.25, 0.3) is 0 Å². The van der Waals surface area contributed by atoms with E-state index in [0.717, 1.165) is 104 Å². The van der Waals surface area contributed by atoms with E-state index in [2.05, 4.69) is 158 Å². The molecule has 12 aromatic rings. The Bertz CT molecular complexity index is 3580. The Morgan fingerprint density at radius 3 is 1.86 bits per heavy atom. The van der Waals surface area contributed by atoms with Crippen LogP contribution in [0.1, 0.15) is 0 Å². The van der Waals surface area contributed by atoms with Crippen molar-refractivity contribution in [1.82, 2.24) is 15.0 Å². The van der Waals surface area contributed by atoms with Gasteiger partial charge in [-0.2, -0.15) is 0 Å². The van der Waals surface area contributed by atoms with Crippen molar-refractivity contribution in [2.45, 2.75) is 0 Å². The van der Waals surface area contributed by atoms with Gasteiger partial charge in [-0.3, -0.25) is 0 Å². The summed E-state index contributed by atoms with van der Waals surface area (Å²) in [5, 5.41) is 8.51. The number of hydrogen-bond donors (Lipinski definition) is 0. The number of para-hydroxylation sites is 2. The third-order valence-corrected chi connectivity index (χ3v) is 11.3. The summed E-state index contributed by atoms with van der Waals surface area (Å²) in [5.74, 6) is 1.64. The van der Waals surface area contributed by atoms with E-state index in [-0.39, 0.29) is 0 Å². The average Bonchev–Trinajstić information content (AvgIpc) is 3.86. The first-order chi connectivity index (χ1) is 28.7. The lowest BCUT2D eigenvalue weighted by Gasteiger charge is -2.14. The molecule has 3 aromatic heterocycles. The molecule has 5 heteroatoms. The number of fused-ring (bicyclic) bond motifs is 8. The zero-order valence-corrected chi connectivity index (χ0v) is 31.1.